The van der Waals surface area contributed by atoms with Crippen LogP contribution in [-0.2, 0) is 14.4 Å². The van der Waals surface area contributed by atoms with Crippen LogP contribution in [0.25, 0.3) is 0 Å². The molecule has 1 aliphatic heterocycles. The fourth-order valence-electron chi connectivity index (χ4n) is 3.09. The van der Waals surface area contributed by atoms with Crippen LogP contribution in [0.5, 0.6) is 0 Å². The maximum Gasteiger partial charge on any atom is 0.244 e. The number of nitrogens with zero attached hydrogens (tertiary/aromatic N) is 2. The first-order valence-electron chi connectivity index (χ1n) is 8.81. The highest BCUT2D eigenvalue weighted by Gasteiger charge is 2.26. The van der Waals surface area contributed by atoms with E-state index in [1.165, 1.54) is 4.90 Å². The van der Waals surface area contributed by atoms with Crippen molar-refractivity contribution in [3.05, 3.63) is 47.5 Å². The van der Waals surface area contributed by atoms with Crippen LogP contribution in [0.1, 0.15) is 12.8 Å². The second kappa shape index (κ2) is 8.31. The van der Waals surface area contributed by atoms with Crippen LogP contribution in [0.3, 0.4) is 0 Å². The topological polar surface area (TPSA) is 81.8 Å². The van der Waals surface area contributed by atoms with Gasteiger partial charge in [-0.1, -0.05) is 29.8 Å². The summed E-state index contributed by atoms with van der Waals surface area (Å²) < 4.78 is 0. The van der Waals surface area contributed by atoms with Gasteiger partial charge in [0.2, 0.25) is 17.7 Å². The Bertz CT molecular complexity index is 929. The van der Waals surface area contributed by atoms with E-state index in [-0.39, 0.29) is 37.1 Å². The van der Waals surface area contributed by atoms with E-state index in [0.29, 0.717) is 27.8 Å². The van der Waals surface area contributed by atoms with E-state index >= 15 is 0 Å². The monoisotopic (exact) mass is 400 g/mol. The number of carbonyl (C=O) groups excluding carboxylic acids is 3. The number of fused-ring (bicyclic) bond motifs is 1. The highest BCUT2D eigenvalue weighted by molar-refractivity contribution is 6.34. The van der Waals surface area contributed by atoms with Crippen LogP contribution in [0.4, 0.5) is 22.7 Å². The lowest BCUT2D eigenvalue weighted by atomic mass is 10.1. The third-order valence-corrected chi connectivity index (χ3v) is 4.65. The molecule has 0 bridgehead atoms. The van der Waals surface area contributed by atoms with Gasteiger partial charge in [0.1, 0.15) is 6.54 Å². The number of carbonyl (C=O) groups is 3. The fourth-order valence-corrected chi connectivity index (χ4v) is 3.44. The summed E-state index contributed by atoms with van der Waals surface area (Å²) in [4.78, 5) is 40.1. The standard InChI is InChI=1S/C20H21ClN4O3/c1-24(2)20-13(21)6-5-8-15(20)23-17(26)10-11-19(28)25-12-18(27)22-14-7-3-4-9-16(14)25/h3-9H,10-12H2,1-2H3,(H,22,27)(H,23,26). The van der Waals surface area contributed by atoms with Crippen LogP contribution in [-0.4, -0.2) is 38.4 Å². The molecular formula is C20H21ClN4O3. The number of hydrogen-bond acceptors (Lipinski definition) is 4. The second-order valence-corrected chi connectivity index (χ2v) is 7.03. The number of halogens is 1. The Balaban J connectivity index is 1.65. The zero-order valence-corrected chi connectivity index (χ0v) is 16.4. The lowest BCUT2D eigenvalue weighted by molar-refractivity contribution is -0.124. The number of para-hydroxylation sites is 3. The highest BCUT2D eigenvalue weighted by atomic mass is 35.5. The molecule has 2 aromatic rings. The third kappa shape index (κ3) is 4.26. The van der Waals surface area contributed by atoms with Crippen LogP contribution >= 0.6 is 11.6 Å². The molecule has 1 aliphatic rings. The minimum absolute atomic E-state index is 0.00149. The first-order chi connectivity index (χ1) is 13.4. The Morgan fingerprint density at radius 1 is 1.14 bits per heavy atom. The molecule has 0 saturated carbocycles. The first-order valence-corrected chi connectivity index (χ1v) is 9.19. The number of rotatable bonds is 5. The molecule has 0 unspecified atom stereocenters. The molecule has 3 amide bonds. The molecule has 2 N–H and O–H groups in total. The lowest BCUT2D eigenvalue weighted by Crippen LogP contribution is -2.42. The molecular weight excluding hydrogens is 380 g/mol. The minimum atomic E-state index is -0.298. The molecule has 0 spiro atoms. The van der Waals surface area contributed by atoms with Gasteiger partial charge in [-0.3, -0.25) is 14.4 Å². The lowest BCUT2D eigenvalue weighted by Gasteiger charge is -2.29. The van der Waals surface area contributed by atoms with Crippen LogP contribution < -0.4 is 20.4 Å². The van der Waals surface area contributed by atoms with E-state index in [1.807, 2.05) is 19.0 Å². The zero-order valence-electron chi connectivity index (χ0n) is 15.7. The summed E-state index contributed by atoms with van der Waals surface area (Å²) in [5.74, 6) is -0.837. The summed E-state index contributed by atoms with van der Waals surface area (Å²) in [5.41, 5.74) is 2.51. The molecule has 0 fully saturated rings. The summed E-state index contributed by atoms with van der Waals surface area (Å²) in [7, 11) is 3.67. The number of benzene rings is 2. The SMILES string of the molecule is CN(C)c1c(Cl)cccc1NC(=O)CCC(=O)N1CC(=O)Nc2ccccc21. The van der Waals surface area contributed by atoms with Crippen LogP contribution in [0, 0.1) is 0 Å². The molecule has 0 saturated heterocycles. The van der Waals surface area contributed by atoms with E-state index in [4.69, 9.17) is 11.6 Å². The van der Waals surface area contributed by atoms with Gasteiger partial charge in [-0.2, -0.15) is 0 Å². The van der Waals surface area contributed by atoms with Gasteiger partial charge >= 0.3 is 0 Å². The molecule has 2 aromatic carbocycles. The van der Waals surface area contributed by atoms with Gasteiger partial charge in [0, 0.05) is 26.9 Å². The largest absolute Gasteiger partial charge is 0.375 e. The summed E-state index contributed by atoms with van der Waals surface area (Å²) in [5, 5.41) is 6.06. The van der Waals surface area contributed by atoms with Crippen molar-refractivity contribution in [3.63, 3.8) is 0 Å². The molecule has 0 aliphatic carbocycles. The van der Waals surface area contributed by atoms with Gasteiger partial charge in [0.05, 0.1) is 27.8 Å². The number of hydrogen-bond donors (Lipinski definition) is 2. The third-order valence-electron chi connectivity index (χ3n) is 4.35. The van der Waals surface area contributed by atoms with Crippen molar-refractivity contribution in [2.45, 2.75) is 12.8 Å². The molecule has 1 heterocycles. The number of amides is 3. The molecule has 0 atom stereocenters. The number of nitrogens with one attached hydrogen (secondary N) is 2. The van der Waals surface area contributed by atoms with Gasteiger partial charge in [-0.25, -0.2) is 0 Å². The van der Waals surface area contributed by atoms with E-state index in [2.05, 4.69) is 10.6 Å². The zero-order chi connectivity index (χ0) is 20.3. The van der Waals surface area contributed by atoms with Crippen molar-refractivity contribution in [3.8, 4) is 0 Å². The molecule has 0 aromatic heterocycles. The van der Waals surface area contributed by atoms with Crippen molar-refractivity contribution in [2.24, 2.45) is 0 Å². The van der Waals surface area contributed by atoms with E-state index in [0.717, 1.165) is 0 Å². The minimum Gasteiger partial charge on any atom is -0.375 e. The normalized spacial score (nSPS) is 12.8. The Kier molecular flexibility index (Phi) is 5.84. The van der Waals surface area contributed by atoms with Crippen molar-refractivity contribution in [1.82, 2.24) is 0 Å². The summed E-state index contributed by atoms with van der Waals surface area (Å²) in [6.07, 6.45) is -0.0101. The van der Waals surface area contributed by atoms with E-state index < -0.39 is 0 Å². The van der Waals surface area contributed by atoms with E-state index in [9.17, 15) is 14.4 Å². The molecule has 3 rings (SSSR count). The predicted octanol–water partition coefficient (Wildman–Crippen LogP) is 3.11. The van der Waals surface area contributed by atoms with Gasteiger partial charge in [-0.15, -0.1) is 0 Å². The summed E-state index contributed by atoms with van der Waals surface area (Å²) in [6.45, 7) is -0.0590. The Morgan fingerprint density at radius 3 is 2.64 bits per heavy atom. The van der Waals surface area contributed by atoms with Crippen molar-refractivity contribution >= 4 is 52.1 Å². The van der Waals surface area contributed by atoms with Crippen LogP contribution in [0.2, 0.25) is 5.02 Å². The maximum absolute atomic E-state index is 12.6. The average Bonchev–Trinajstić information content (AvgIpc) is 2.65. The molecule has 8 heteroatoms. The van der Waals surface area contributed by atoms with Gasteiger partial charge in [0.25, 0.3) is 0 Å². The predicted molar refractivity (Wildman–Crippen MR) is 111 cm³/mol. The van der Waals surface area contributed by atoms with Crippen molar-refractivity contribution in [1.29, 1.82) is 0 Å². The number of anilines is 4. The van der Waals surface area contributed by atoms with Gasteiger partial charge in [0.15, 0.2) is 0 Å². The first kappa shape index (κ1) is 19.7. The molecule has 7 nitrogen and oxygen atoms in total. The Morgan fingerprint density at radius 2 is 1.89 bits per heavy atom. The average molecular weight is 401 g/mol. The summed E-state index contributed by atoms with van der Waals surface area (Å²) in [6, 6.07) is 12.3. The van der Waals surface area contributed by atoms with Crippen molar-refractivity contribution < 1.29 is 14.4 Å². The smallest absolute Gasteiger partial charge is 0.244 e. The fraction of sp³-hybridized carbons (Fsp3) is 0.250. The van der Waals surface area contributed by atoms with E-state index in [1.54, 1.807) is 42.5 Å². The maximum atomic E-state index is 12.6. The Hall–Kier alpha value is -3.06. The molecule has 146 valence electrons. The molecule has 0 radical (unpaired) electrons. The van der Waals surface area contributed by atoms with Gasteiger partial charge < -0.3 is 20.4 Å². The van der Waals surface area contributed by atoms with Crippen molar-refractivity contribution in [2.75, 3.05) is 41.1 Å². The summed E-state index contributed by atoms with van der Waals surface area (Å²) >= 11 is 6.21. The second-order valence-electron chi connectivity index (χ2n) is 6.62. The quantitative estimate of drug-likeness (QED) is 0.808. The van der Waals surface area contributed by atoms with Crippen LogP contribution in [0.15, 0.2) is 42.5 Å². The highest BCUT2D eigenvalue weighted by Crippen LogP contribution is 2.33. The van der Waals surface area contributed by atoms with Gasteiger partial charge in [-0.05, 0) is 24.3 Å². The molecule has 28 heavy (non-hydrogen) atoms. The Labute approximate surface area is 168 Å².